The number of aliphatic carboxylic acids is 1. The fraction of sp³-hybridized carbons (Fsp3) is 0.115. The number of aromatic nitrogens is 1. The van der Waals surface area contributed by atoms with Gasteiger partial charge >= 0.3 is 5.97 Å². The van der Waals surface area contributed by atoms with Crippen LogP contribution >= 0.6 is 23.2 Å². The number of carboxylic acid groups (broad SMARTS) is 1. The number of halogens is 2. The number of carboxylic acids is 1. The van der Waals surface area contributed by atoms with E-state index < -0.39 is 28.8 Å². The van der Waals surface area contributed by atoms with Crippen molar-refractivity contribution >= 4 is 52.1 Å². The predicted octanol–water partition coefficient (Wildman–Crippen LogP) is 4.48. The molecule has 0 unspecified atom stereocenters. The van der Waals surface area contributed by atoms with Crippen molar-refractivity contribution in [3.8, 4) is 0 Å². The lowest BCUT2D eigenvalue weighted by Gasteiger charge is -2.22. The monoisotopic (exact) mass is 538 g/mol. The minimum atomic E-state index is -1.10. The Kier molecular flexibility index (Phi) is 7.86. The number of carbonyl (C=O) groups excluding carboxylic acids is 1. The standard InChI is InChI=1S/C26H20Cl2N4O5/c27-17-12-29-13-18(28)21(17)26(37)31-16-8-6-15(7-9-16)19(10-20(33)34)32-23-22(24(35)25(23)36)30-11-14-4-2-1-3-5-14/h1-9,12-13,19,30,32H,10-11H2,(H,31,37)(H,33,34)/t19-/m0/s1. The van der Waals surface area contributed by atoms with Gasteiger partial charge in [0, 0.05) is 24.6 Å². The number of carbonyl (C=O) groups is 2. The Morgan fingerprint density at radius 3 is 2.14 bits per heavy atom. The van der Waals surface area contributed by atoms with E-state index in [-0.39, 0.29) is 33.4 Å². The summed E-state index contributed by atoms with van der Waals surface area (Å²) >= 11 is 12.1. The van der Waals surface area contributed by atoms with Gasteiger partial charge in [-0.05, 0) is 23.3 Å². The number of amides is 1. The van der Waals surface area contributed by atoms with Crippen LogP contribution in [0.2, 0.25) is 10.0 Å². The molecule has 1 heterocycles. The minimum absolute atomic E-state index is 0.0338. The van der Waals surface area contributed by atoms with Crippen molar-refractivity contribution in [1.29, 1.82) is 0 Å². The zero-order valence-corrected chi connectivity index (χ0v) is 20.6. The summed E-state index contributed by atoms with van der Waals surface area (Å²) in [6.07, 6.45) is 2.25. The van der Waals surface area contributed by atoms with Crippen LogP contribution in [0.5, 0.6) is 0 Å². The van der Waals surface area contributed by atoms with Gasteiger partial charge in [-0.15, -0.1) is 0 Å². The Hall–Kier alpha value is -4.21. The van der Waals surface area contributed by atoms with E-state index in [4.69, 9.17) is 23.2 Å². The van der Waals surface area contributed by atoms with Crippen LogP contribution in [-0.4, -0.2) is 22.0 Å². The highest BCUT2D eigenvalue weighted by Crippen LogP contribution is 2.28. The maximum absolute atomic E-state index is 12.6. The van der Waals surface area contributed by atoms with Crippen LogP contribution in [-0.2, 0) is 11.3 Å². The molecule has 1 aromatic heterocycles. The van der Waals surface area contributed by atoms with Crippen molar-refractivity contribution in [2.45, 2.75) is 19.0 Å². The van der Waals surface area contributed by atoms with E-state index in [1.54, 1.807) is 24.3 Å². The molecule has 188 valence electrons. The summed E-state index contributed by atoms with van der Waals surface area (Å²) in [5.74, 6) is -1.64. The number of pyridine rings is 1. The molecule has 4 N–H and O–H groups in total. The molecule has 1 amide bonds. The third-order valence-electron chi connectivity index (χ3n) is 5.57. The molecule has 0 saturated carbocycles. The largest absolute Gasteiger partial charge is 0.481 e. The molecule has 3 aromatic carbocycles. The molecular weight excluding hydrogens is 519 g/mol. The van der Waals surface area contributed by atoms with Gasteiger partial charge in [-0.3, -0.25) is 24.2 Å². The molecule has 37 heavy (non-hydrogen) atoms. The normalized spacial score (nSPS) is 11.6. The highest BCUT2D eigenvalue weighted by molar-refractivity contribution is 6.40. The van der Waals surface area contributed by atoms with Crippen LogP contribution in [0.25, 0.3) is 0 Å². The third kappa shape index (κ3) is 5.96. The van der Waals surface area contributed by atoms with Gasteiger partial charge in [-0.2, -0.15) is 0 Å². The van der Waals surface area contributed by atoms with E-state index in [0.29, 0.717) is 17.8 Å². The van der Waals surface area contributed by atoms with E-state index in [1.165, 1.54) is 12.4 Å². The van der Waals surface area contributed by atoms with Crippen LogP contribution < -0.4 is 26.8 Å². The van der Waals surface area contributed by atoms with Gasteiger partial charge in [0.05, 0.1) is 28.1 Å². The molecule has 11 heteroatoms. The highest BCUT2D eigenvalue weighted by atomic mass is 35.5. The molecule has 4 rings (SSSR count). The Labute approximate surface area is 220 Å². The quantitative estimate of drug-likeness (QED) is 0.217. The minimum Gasteiger partial charge on any atom is -0.481 e. The van der Waals surface area contributed by atoms with E-state index >= 15 is 0 Å². The van der Waals surface area contributed by atoms with Gasteiger partial charge in [-0.25, -0.2) is 0 Å². The van der Waals surface area contributed by atoms with Gasteiger partial charge in [0.2, 0.25) is 0 Å². The molecule has 0 saturated heterocycles. The van der Waals surface area contributed by atoms with Crippen molar-refractivity contribution in [1.82, 2.24) is 4.98 Å². The second-order valence-electron chi connectivity index (χ2n) is 8.10. The van der Waals surface area contributed by atoms with Crippen LogP contribution in [0.1, 0.15) is 33.9 Å². The molecule has 1 atom stereocenters. The number of nitrogens with zero attached hydrogens (tertiary/aromatic N) is 1. The maximum atomic E-state index is 12.6. The first-order valence-electron chi connectivity index (χ1n) is 11.0. The first-order chi connectivity index (χ1) is 17.7. The number of rotatable bonds is 10. The first kappa shape index (κ1) is 25.9. The smallest absolute Gasteiger partial charge is 0.305 e. The Morgan fingerprint density at radius 1 is 0.892 bits per heavy atom. The van der Waals surface area contributed by atoms with E-state index in [2.05, 4.69) is 20.9 Å². The van der Waals surface area contributed by atoms with Crippen molar-refractivity contribution in [2.75, 3.05) is 16.0 Å². The van der Waals surface area contributed by atoms with Crippen LogP contribution in [0.3, 0.4) is 0 Å². The molecule has 0 fully saturated rings. The molecule has 0 spiro atoms. The number of benzene rings is 2. The summed E-state index contributed by atoms with van der Waals surface area (Å²) in [6.45, 7) is 0.323. The van der Waals surface area contributed by atoms with Gasteiger partial charge in [0.15, 0.2) is 0 Å². The van der Waals surface area contributed by atoms with E-state index in [1.807, 2.05) is 30.3 Å². The summed E-state index contributed by atoms with van der Waals surface area (Å²) < 4.78 is 0. The third-order valence-corrected chi connectivity index (χ3v) is 6.14. The molecule has 0 aliphatic carbocycles. The lowest BCUT2D eigenvalue weighted by atomic mass is 10.0. The molecular formula is C26H20Cl2N4O5. The van der Waals surface area contributed by atoms with Gasteiger partial charge in [0.25, 0.3) is 16.8 Å². The summed E-state index contributed by atoms with van der Waals surface area (Å²) in [4.78, 5) is 52.4. The number of anilines is 3. The van der Waals surface area contributed by atoms with Crippen molar-refractivity contribution < 1.29 is 14.7 Å². The Balaban J connectivity index is 1.50. The van der Waals surface area contributed by atoms with Gasteiger partial charge in [0.1, 0.15) is 11.4 Å². The zero-order valence-electron chi connectivity index (χ0n) is 19.1. The lowest BCUT2D eigenvalue weighted by Crippen LogP contribution is -2.38. The Bertz CT molecular complexity index is 1500. The highest BCUT2D eigenvalue weighted by Gasteiger charge is 2.25. The fourth-order valence-electron chi connectivity index (χ4n) is 3.71. The predicted molar refractivity (Wildman–Crippen MR) is 142 cm³/mol. The summed E-state index contributed by atoms with van der Waals surface area (Å²) in [6, 6.07) is 14.9. The molecule has 0 bridgehead atoms. The van der Waals surface area contributed by atoms with E-state index in [0.717, 1.165) is 5.56 Å². The molecule has 4 aromatic rings. The second kappa shape index (κ2) is 11.2. The van der Waals surface area contributed by atoms with Crippen LogP contribution in [0.4, 0.5) is 17.1 Å². The Morgan fingerprint density at radius 2 is 1.51 bits per heavy atom. The molecule has 0 aliphatic heterocycles. The average Bonchev–Trinajstić information content (AvgIpc) is 2.88. The van der Waals surface area contributed by atoms with Gasteiger partial charge in [-0.1, -0.05) is 65.7 Å². The van der Waals surface area contributed by atoms with E-state index in [9.17, 15) is 24.3 Å². The van der Waals surface area contributed by atoms with Crippen LogP contribution in [0.15, 0.2) is 76.6 Å². The first-order valence-corrected chi connectivity index (χ1v) is 11.8. The van der Waals surface area contributed by atoms with Crippen LogP contribution in [0, 0.1) is 0 Å². The van der Waals surface area contributed by atoms with Gasteiger partial charge < -0.3 is 21.1 Å². The van der Waals surface area contributed by atoms with Crippen molar-refractivity contribution in [2.24, 2.45) is 0 Å². The fourth-order valence-corrected chi connectivity index (χ4v) is 4.24. The second-order valence-corrected chi connectivity index (χ2v) is 8.91. The summed E-state index contributed by atoms with van der Waals surface area (Å²) in [5, 5.41) is 18.1. The SMILES string of the molecule is O=C(O)C[C@H](Nc1c(NCc2ccccc2)c(=O)c1=O)c1ccc(NC(=O)c2c(Cl)cncc2Cl)cc1. The maximum Gasteiger partial charge on any atom is 0.305 e. The number of nitrogens with one attached hydrogen (secondary N) is 3. The molecule has 9 nitrogen and oxygen atoms in total. The topological polar surface area (TPSA) is 137 Å². The average molecular weight is 539 g/mol. The number of hydrogen-bond acceptors (Lipinski definition) is 7. The summed E-state index contributed by atoms with van der Waals surface area (Å²) in [7, 11) is 0. The van der Waals surface area contributed by atoms with Crippen molar-refractivity contribution in [3.63, 3.8) is 0 Å². The van der Waals surface area contributed by atoms with Crippen molar-refractivity contribution in [3.05, 3.63) is 114 Å². The number of hydrogen-bond donors (Lipinski definition) is 4. The summed E-state index contributed by atoms with van der Waals surface area (Å²) in [5.41, 5.74) is 0.679. The lowest BCUT2D eigenvalue weighted by molar-refractivity contribution is -0.137. The molecule has 0 radical (unpaired) electrons. The molecule has 0 aliphatic rings. The zero-order chi connectivity index (χ0) is 26.5.